The number of hydrogen-bond donors (Lipinski definition) is 1. The van der Waals surface area contributed by atoms with Crippen molar-refractivity contribution in [2.24, 2.45) is 23.7 Å². The molecule has 2 bridgehead atoms. The van der Waals surface area contributed by atoms with Crippen LogP contribution in [0.3, 0.4) is 0 Å². The van der Waals surface area contributed by atoms with Gasteiger partial charge >= 0.3 is 0 Å². The monoisotopic (exact) mass is 138 g/mol. The fourth-order valence-corrected chi connectivity index (χ4v) is 3.51. The van der Waals surface area contributed by atoms with Gasteiger partial charge in [-0.15, -0.1) is 0 Å². The first-order chi connectivity index (χ1) is 4.84. The minimum Gasteiger partial charge on any atom is -0.393 e. The molecule has 0 aliphatic heterocycles. The van der Waals surface area contributed by atoms with E-state index in [9.17, 15) is 5.11 Å². The zero-order valence-electron chi connectivity index (χ0n) is 6.16. The van der Waals surface area contributed by atoms with Crippen molar-refractivity contribution in [3.8, 4) is 0 Å². The number of fused-ring (bicyclic) bond motifs is 1. The van der Waals surface area contributed by atoms with Crippen LogP contribution < -0.4 is 0 Å². The lowest BCUT2D eigenvalue weighted by Gasteiger charge is -2.42. The van der Waals surface area contributed by atoms with E-state index >= 15 is 0 Å². The summed E-state index contributed by atoms with van der Waals surface area (Å²) in [4.78, 5) is 0. The van der Waals surface area contributed by atoms with Gasteiger partial charge in [0.15, 0.2) is 0 Å². The molecule has 1 heteroatoms. The Morgan fingerprint density at radius 1 is 0.800 bits per heavy atom. The van der Waals surface area contributed by atoms with Crippen molar-refractivity contribution >= 4 is 0 Å². The third-order valence-electron chi connectivity index (χ3n) is 4.09. The van der Waals surface area contributed by atoms with Crippen LogP contribution in [0.4, 0.5) is 0 Å². The minimum atomic E-state index is 0.0775. The molecule has 0 saturated heterocycles. The summed E-state index contributed by atoms with van der Waals surface area (Å²) in [5, 5.41) is 9.59. The Morgan fingerprint density at radius 2 is 1.50 bits per heavy atom. The van der Waals surface area contributed by atoms with E-state index in [4.69, 9.17) is 0 Å². The second-order valence-electron chi connectivity index (χ2n) is 4.45. The first-order valence-electron chi connectivity index (χ1n) is 4.52. The number of aliphatic hydroxyl groups excluding tert-OH is 1. The second-order valence-corrected chi connectivity index (χ2v) is 4.45. The van der Waals surface area contributed by atoms with Crippen LogP contribution in [0.25, 0.3) is 0 Å². The Bertz CT molecular complexity index is 164. The maximum absolute atomic E-state index is 9.59. The summed E-state index contributed by atoms with van der Waals surface area (Å²) in [5.41, 5.74) is 0. The van der Waals surface area contributed by atoms with Gasteiger partial charge in [0.25, 0.3) is 0 Å². The van der Waals surface area contributed by atoms with Gasteiger partial charge in [0.05, 0.1) is 6.10 Å². The highest BCUT2D eigenvalue weighted by Crippen LogP contribution is 2.59. The van der Waals surface area contributed by atoms with E-state index in [1.807, 2.05) is 0 Å². The molecule has 3 rings (SSSR count). The van der Waals surface area contributed by atoms with E-state index in [1.54, 1.807) is 0 Å². The molecule has 0 spiro atoms. The van der Waals surface area contributed by atoms with Crippen molar-refractivity contribution in [2.45, 2.75) is 31.8 Å². The molecule has 0 aromatic carbocycles. The largest absolute Gasteiger partial charge is 0.393 e. The lowest BCUT2D eigenvalue weighted by Crippen LogP contribution is -2.37. The number of rotatable bonds is 0. The highest BCUT2D eigenvalue weighted by Gasteiger charge is 2.53. The van der Waals surface area contributed by atoms with Gasteiger partial charge in [-0.3, -0.25) is 0 Å². The molecule has 56 valence electrons. The molecule has 0 aromatic heterocycles. The summed E-state index contributed by atoms with van der Waals surface area (Å²) >= 11 is 0. The van der Waals surface area contributed by atoms with Crippen LogP contribution in [0, 0.1) is 23.7 Å². The van der Waals surface area contributed by atoms with Crippen LogP contribution in [-0.2, 0) is 0 Å². The summed E-state index contributed by atoms with van der Waals surface area (Å²) < 4.78 is 0. The van der Waals surface area contributed by atoms with Gasteiger partial charge < -0.3 is 5.11 Å². The van der Waals surface area contributed by atoms with E-state index in [0.29, 0.717) is 5.92 Å². The predicted molar refractivity (Wildman–Crippen MR) is 38.4 cm³/mol. The lowest BCUT2D eigenvalue weighted by atomic mass is 9.63. The van der Waals surface area contributed by atoms with Crippen molar-refractivity contribution < 1.29 is 5.11 Å². The van der Waals surface area contributed by atoms with Crippen LogP contribution in [0.2, 0.25) is 0 Å². The third-order valence-corrected chi connectivity index (χ3v) is 4.09. The first kappa shape index (κ1) is 5.59. The molecule has 3 aliphatic rings. The quantitative estimate of drug-likeness (QED) is 0.536. The summed E-state index contributed by atoms with van der Waals surface area (Å²) in [6, 6.07) is 0. The molecule has 5 atom stereocenters. The maximum Gasteiger partial charge on any atom is 0.0571 e. The van der Waals surface area contributed by atoms with E-state index in [-0.39, 0.29) is 6.10 Å². The van der Waals surface area contributed by atoms with Crippen molar-refractivity contribution in [1.29, 1.82) is 0 Å². The Balaban J connectivity index is 1.92. The summed E-state index contributed by atoms with van der Waals surface area (Å²) in [5.74, 6) is 3.72. The molecule has 3 saturated carbocycles. The molecule has 3 aliphatic carbocycles. The normalized spacial score (nSPS) is 63.9. The summed E-state index contributed by atoms with van der Waals surface area (Å²) in [7, 11) is 0. The maximum atomic E-state index is 9.59. The summed E-state index contributed by atoms with van der Waals surface area (Å²) in [6.07, 6.45) is 5.36. The fourth-order valence-electron chi connectivity index (χ4n) is 3.51. The SMILES string of the molecule is O[C@@H]1C[C@@H]2C[C@@H]3C[C@H]1CC32. The van der Waals surface area contributed by atoms with Gasteiger partial charge in [0.2, 0.25) is 0 Å². The average molecular weight is 138 g/mol. The van der Waals surface area contributed by atoms with Gasteiger partial charge in [-0.2, -0.15) is 0 Å². The average Bonchev–Trinajstić information content (AvgIpc) is 2.04. The van der Waals surface area contributed by atoms with Crippen LogP contribution in [-0.4, -0.2) is 11.2 Å². The second kappa shape index (κ2) is 1.58. The van der Waals surface area contributed by atoms with Gasteiger partial charge in [-0.1, -0.05) is 0 Å². The van der Waals surface area contributed by atoms with Crippen LogP contribution in [0.5, 0.6) is 0 Å². The molecular weight excluding hydrogens is 124 g/mol. The van der Waals surface area contributed by atoms with Crippen LogP contribution in [0.15, 0.2) is 0 Å². The topological polar surface area (TPSA) is 20.2 Å². The highest BCUT2D eigenvalue weighted by molar-refractivity contribution is 5.03. The molecular formula is C9H14O. The molecule has 3 fully saturated rings. The third kappa shape index (κ3) is 0.493. The Hall–Kier alpha value is -0.0400. The molecule has 10 heavy (non-hydrogen) atoms. The van der Waals surface area contributed by atoms with Crippen molar-refractivity contribution in [3.05, 3.63) is 0 Å². The standard InChI is InChI=1S/C9H14O/c10-9-4-6-1-5-2-7(9)3-8(5)6/h5-10H,1-4H2/t5-,6+,7+,8?,9-/m1/s1. The Kier molecular flexibility index (Phi) is 0.883. The van der Waals surface area contributed by atoms with Gasteiger partial charge in [0.1, 0.15) is 0 Å². The number of aliphatic hydroxyl groups is 1. The molecule has 0 aromatic rings. The smallest absolute Gasteiger partial charge is 0.0571 e. The lowest BCUT2D eigenvalue weighted by molar-refractivity contribution is 0.00948. The van der Waals surface area contributed by atoms with E-state index in [0.717, 1.165) is 24.2 Å². The molecule has 0 heterocycles. The molecule has 1 nitrogen and oxygen atoms in total. The molecule has 0 radical (unpaired) electrons. The Morgan fingerprint density at radius 3 is 2.40 bits per heavy atom. The van der Waals surface area contributed by atoms with Gasteiger partial charge in [-0.05, 0) is 49.4 Å². The predicted octanol–water partition coefficient (Wildman–Crippen LogP) is 1.41. The van der Waals surface area contributed by atoms with Crippen LogP contribution >= 0.6 is 0 Å². The first-order valence-corrected chi connectivity index (χ1v) is 4.52. The van der Waals surface area contributed by atoms with Crippen molar-refractivity contribution in [2.75, 3.05) is 0 Å². The zero-order valence-corrected chi connectivity index (χ0v) is 6.16. The van der Waals surface area contributed by atoms with Gasteiger partial charge in [-0.25, -0.2) is 0 Å². The van der Waals surface area contributed by atoms with Crippen molar-refractivity contribution in [1.82, 2.24) is 0 Å². The van der Waals surface area contributed by atoms with Crippen molar-refractivity contribution in [3.63, 3.8) is 0 Å². The van der Waals surface area contributed by atoms with E-state index in [1.165, 1.54) is 19.3 Å². The molecule has 1 N–H and O–H groups in total. The molecule has 1 unspecified atom stereocenters. The van der Waals surface area contributed by atoms with Gasteiger partial charge in [0, 0.05) is 0 Å². The van der Waals surface area contributed by atoms with E-state index < -0.39 is 0 Å². The summed E-state index contributed by atoms with van der Waals surface area (Å²) in [6.45, 7) is 0. The molecule has 0 amide bonds. The highest BCUT2D eigenvalue weighted by atomic mass is 16.3. The Labute approximate surface area is 61.4 Å². The van der Waals surface area contributed by atoms with Crippen LogP contribution in [0.1, 0.15) is 25.7 Å². The zero-order chi connectivity index (χ0) is 6.72. The van der Waals surface area contributed by atoms with E-state index in [2.05, 4.69) is 0 Å². The minimum absolute atomic E-state index is 0.0775. The number of hydrogen-bond acceptors (Lipinski definition) is 1. The fraction of sp³-hybridized carbons (Fsp3) is 1.00.